The van der Waals surface area contributed by atoms with Gasteiger partial charge in [0.05, 0.1) is 13.4 Å². The third-order valence-corrected chi connectivity index (χ3v) is 5.89. The Bertz CT molecular complexity index is 593. The van der Waals surface area contributed by atoms with E-state index in [2.05, 4.69) is 0 Å². The Hall–Kier alpha value is -1.37. The number of aliphatic hydroxyl groups is 1. The molecule has 1 saturated carbocycles. The number of ether oxygens (including phenoxy) is 4. The Balaban J connectivity index is 2.62. The number of methoxy groups -OCH3 is 3. The lowest BCUT2D eigenvalue weighted by atomic mass is 9.47. The fourth-order valence-electron chi connectivity index (χ4n) is 4.55. The van der Waals surface area contributed by atoms with Crippen LogP contribution in [0.3, 0.4) is 0 Å². The first-order chi connectivity index (χ1) is 12.1. The molecule has 0 bridgehead atoms. The van der Waals surface area contributed by atoms with E-state index in [1.165, 1.54) is 6.92 Å². The standard InChI is InChI=1S/C20H32O6/c1-12-8-16(24-6)18(25-7)14(11-23-5)15-10-19(3,4)20(15,22)17(9-12)26-13(2)21/h8,11,15-18,22H,9-10H2,1-7H3/t15-,16-,17+,18-,20-/m1/s1. The van der Waals surface area contributed by atoms with Crippen molar-refractivity contribution in [2.24, 2.45) is 11.3 Å². The molecule has 0 heterocycles. The number of hydrogen-bond acceptors (Lipinski definition) is 6. The Morgan fingerprint density at radius 1 is 1.27 bits per heavy atom. The quantitative estimate of drug-likeness (QED) is 0.467. The summed E-state index contributed by atoms with van der Waals surface area (Å²) in [4.78, 5) is 11.7. The Kier molecular flexibility index (Phi) is 6.20. The van der Waals surface area contributed by atoms with Gasteiger partial charge in [-0.15, -0.1) is 0 Å². The zero-order chi connectivity index (χ0) is 19.7. The molecule has 148 valence electrons. The predicted octanol–water partition coefficient (Wildman–Crippen LogP) is 2.61. The Morgan fingerprint density at radius 3 is 2.38 bits per heavy atom. The minimum Gasteiger partial charge on any atom is -0.504 e. The second-order valence-electron chi connectivity index (χ2n) is 7.99. The fraction of sp³-hybridized carbons (Fsp3) is 0.750. The molecule has 2 aliphatic rings. The summed E-state index contributed by atoms with van der Waals surface area (Å²) in [7, 11) is 4.82. The molecule has 5 atom stereocenters. The van der Waals surface area contributed by atoms with Gasteiger partial charge in [0.2, 0.25) is 0 Å². The van der Waals surface area contributed by atoms with E-state index in [0.717, 1.165) is 17.6 Å². The van der Waals surface area contributed by atoms with Gasteiger partial charge in [0.15, 0.2) is 0 Å². The number of carbonyl (C=O) groups excluding carboxylic acids is 1. The van der Waals surface area contributed by atoms with E-state index in [1.54, 1.807) is 27.6 Å². The maximum Gasteiger partial charge on any atom is 0.303 e. The minimum atomic E-state index is -1.22. The SMILES string of the molecule is COC=C1[C@@H](OC)[C@H](OC)C=C(C)C[C@H](OC(C)=O)[C@]2(O)[C@@H]1CC2(C)C. The van der Waals surface area contributed by atoms with Gasteiger partial charge in [0.25, 0.3) is 0 Å². The molecule has 0 aromatic rings. The van der Waals surface area contributed by atoms with Crippen LogP contribution in [0.4, 0.5) is 0 Å². The highest BCUT2D eigenvalue weighted by Crippen LogP contribution is 2.60. The average molecular weight is 368 g/mol. The maximum absolute atomic E-state index is 11.8. The number of hydrogen-bond donors (Lipinski definition) is 1. The molecule has 0 unspecified atom stereocenters. The van der Waals surface area contributed by atoms with Gasteiger partial charge in [-0.1, -0.05) is 25.5 Å². The number of fused-ring (bicyclic) bond motifs is 1. The summed E-state index contributed by atoms with van der Waals surface area (Å²) in [5.74, 6) is -0.663. The lowest BCUT2D eigenvalue weighted by Crippen LogP contribution is -2.69. The fourth-order valence-corrected chi connectivity index (χ4v) is 4.55. The summed E-state index contributed by atoms with van der Waals surface area (Å²) < 4.78 is 22.3. The number of rotatable bonds is 4. The Morgan fingerprint density at radius 2 is 1.92 bits per heavy atom. The molecule has 0 spiro atoms. The molecule has 2 aliphatic carbocycles. The van der Waals surface area contributed by atoms with E-state index in [0.29, 0.717) is 6.42 Å². The Labute approximate surface area is 156 Å². The van der Waals surface area contributed by atoms with E-state index in [9.17, 15) is 9.90 Å². The van der Waals surface area contributed by atoms with Gasteiger partial charge in [0, 0.05) is 39.1 Å². The number of carbonyl (C=O) groups is 1. The highest BCUT2D eigenvalue weighted by Gasteiger charge is 2.66. The molecule has 26 heavy (non-hydrogen) atoms. The predicted molar refractivity (Wildman–Crippen MR) is 97.5 cm³/mol. The van der Waals surface area contributed by atoms with Crippen molar-refractivity contribution >= 4 is 5.97 Å². The molecule has 0 aliphatic heterocycles. The van der Waals surface area contributed by atoms with Crippen LogP contribution < -0.4 is 0 Å². The zero-order valence-corrected chi connectivity index (χ0v) is 16.9. The van der Waals surface area contributed by atoms with Gasteiger partial charge in [-0.2, -0.15) is 0 Å². The summed E-state index contributed by atoms with van der Waals surface area (Å²) in [6, 6.07) is 0. The van der Waals surface area contributed by atoms with Crippen molar-refractivity contribution in [2.75, 3.05) is 21.3 Å². The van der Waals surface area contributed by atoms with E-state index >= 15 is 0 Å². The lowest BCUT2D eigenvalue weighted by molar-refractivity contribution is -0.252. The normalized spacial score (nSPS) is 38.2. The van der Waals surface area contributed by atoms with Crippen LogP contribution in [-0.4, -0.2) is 56.3 Å². The van der Waals surface area contributed by atoms with Gasteiger partial charge >= 0.3 is 5.97 Å². The first kappa shape index (κ1) is 20.9. The summed E-state index contributed by atoms with van der Waals surface area (Å²) in [6.07, 6.45) is 3.38. The molecule has 6 nitrogen and oxygen atoms in total. The van der Waals surface area contributed by atoms with Crippen LogP contribution in [0.2, 0.25) is 0 Å². The van der Waals surface area contributed by atoms with Gasteiger partial charge in [0.1, 0.15) is 23.9 Å². The minimum absolute atomic E-state index is 0.260. The van der Waals surface area contributed by atoms with Gasteiger partial charge in [-0.25, -0.2) is 0 Å². The summed E-state index contributed by atoms with van der Waals surface area (Å²) in [5, 5.41) is 11.8. The molecular formula is C20H32O6. The average Bonchev–Trinajstić information content (AvgIpc) is 2.58. The van der Waals surface area contributed by atoms with Crippen LogP contribution in [0.25, 0.3) is 0 Å². The molecule has 0 saturated heterocycles. The van der Waals surface area contributed by atoms with Crippen molar-refractivity contribution in [1.82, 2.24) is 0 Å². The molecule has 0 aromatic carbocycles. The molecular weight excluding hydrogens is 336 g/mol. The van der Waals surface area contributed by atoms with Crippen molar-refractivity contribution in [3.63, 3.8) is 0 Å². The number of esters is 1. The van der Waals surface area contributed by atoms with Gasteiger partial charge in [-0.05, 0) is 18.8 Å². The van der Waals surface area contributed by atoms with Crippen LogP contribution in [0.1, 0.15) is 40.5 Å². The second-order valence-corrected chi connectivity index (χ2v) is 7.99. The van der Waals surface area contributed by atoms with Crippen molar-refractivity contribution in [2.45, 2.75) is 64.4 Å². The maximum atomic E-state index is 11.8. The van der Waals surface area contributed by atoms with E-state index < -0.39 is 29.2 Å². The van der Waals surface area contributed by atoms with Crippen LogP contribution >= 0.6 is 0 Å². The first-order valence-corrected chi connectivity index (χ1v) is 8.97. The monoisotopic (exact) mass is 368 g/mol. The van der Waals surface area contributed by atoms with Gasteiger partial charge < -0.3 is 24.1 Å². The first-order valence-electron chi connectivity index (χ1n) is 8.97. The molecule has 0 aromatic heterocycles. The van der Waals surface area contributed by atoms with Crippen molar-refractivity contribution in [3.8, 4) is 0 Å². The van der Waals surface area contributed by atoms with E-state index in [-0.39, 0.29) is 12.0 Å². The van der Waals surface area contributed by atoms with Crippen molar-refractivity contribution in [1.29, 1.82) is 0 Å². The molecule has 0 amide bonds. The van der Waals surface area contributed by atoms with Crippen molar-refractivity contribution in [3.05, 3.63) is 23.5 Å². The molecule has 2 rings (SSSR count). The highest BCUT2D eigenvalue weighted by molar-refractivity contribution is 5.66. The smallest absolute Gasteiger partial charge is 0.303 e. The molecule has 1 N–H and O–H groups in total. The van der Waals surface area contributed by atoms with E-state index in [4.69, 9.17) is 18.9 Å². The van der Waals surface area contributed by atoms with Crippen LogP contribution in [-0.2, 0) is 23.7 Å². The summed E-state index contributed by atoms with van der Waals surface area (Å²) >= 11 is 0. The third kappa shape index (κ3) is 3.42. The largest absolute Gasteiger partial charge is 0.504 e. The zero-order valence-electron chi connectivity index (χ0n) is 16.9. The highest BCUT2D eigenvalue weighted by atomic mass is 16.6. The van der Waals surface area contributed by atoms with E-state index in [1.807, 2.05) is 26.8 Å². The lowest BCUT2D eigenvalue weighted by Gasteiger charge is -2.62. The molecule has 1 fully saturated rings. The second kappa shape index (κ2) is 7.71. The summed E-state index contributed by atoms with van der Waals surface area (Å²) in [5.41, 5.74) is 0.138. The molecule has 6 heteroatoms. The molecule has 0 radical (unpaired) electrons. The third-order valence-electron chi connectivity index (χ3n) is 5.89. The van der Waals surface area contributed by atoms with Crippen LogP contribution in [0, 0.1) is 11.3 Å². The van der Waals surface area contributed by atoms with Gasteiger partial charge in [-0.3, -0.25) is 4.79 Å². The topological polar surface area (TPSA) is 74.2 Å². The van der Waals surface area contributed by atoms with Crippen molar-refractivity contribution < 1.29 is 28.8 Å². The summed E-state index contributed by atoms with van der Waals surface area (Å²) in [6.45, 7) is 7.32. The van der Waals surface area contributed by atoms with Crippen LogP contribution in [0.15, 0.2) is 23.5 Å². The van der Waals surface area contributed by atoms with Crippen LogP contribution in [0.5, 0.6) is 0 Å².